The SMILES string of the molecule is C/C=C\c1c(N=Nc2ccc(N(C)C)cc2)cccc1NCCSSCC[n+]1cccc2c(N)cccc21. The summed E-state index contributed by atoms with van der Waals surface area (Å²) in [6.07, 6.45) is 6.25. The molecule has 0 saturated carbocycles. The van der Waals surface area contributed by atoms with Gasteiger partial charge < -0.3 is 16.0 Å². The summed E-state index contributed by atoms with van der Waals surface area (Å²) < 4.78 is 2.28. The molecule has 0 saturated heterocycles. The third-order valence-corrected chi connectivity index (χ3v) is 8.40. The summed E-state index contributed by atoms with van der Waals surface area (Å²) in [6, 6.07) is 24.4. The predicted octanol–water partition coefficient (Wildman–Crippen LogP) is 7.72. The molecule has 38 heavy (non-hydrogen) atoms. The number of hydrogen-bond acceptors (Lipinski definition) is 7. The van der Waals surface area contributed by atoms with E-state index >= 15 is 0 Å². The monoisotopic (exact) mass is 543 g/mol. The van der Waals surface area contributed by atoms with Gasteiger partial charge in [-0.25, -0.2) is 0 Å². The van der Waals surface area contributed by atoms with E-state index < -0.39 is 0 Å². The molecule has 0 bridgehead atoms. The van der Waals surface area contributed by atoms with Crippen LogP contribution in [0.2, 0.25) is 0 Å². The zero-order chi connectivity index (χ0) is 26.7. The quantitative estimate of drug-likeness (QED) is 0.0629. The second-order valence-electron chi connectivity index (χ2n) is 8.90. The molecule has 6 nitrogen and oxygen atoms in total. The maximum Gasteiger partial charge on any atom is 0.214 e. The van der Waals surface area contributed by atoms with E-state index in [2.05, 4.69) is 61.6 Å². The summed E-state index contributed by atoms with van der Waals surface area (Å²) in [4.78, 5) is 2.07. The van der Waals surface area contributed by atoms with Gasteiger partial charge in [0.05, 0.1) is 22.5 Å². The molecule has 4 rings (SSSR count). The van der Waals surface area contributed by atoms with E-state index in [0.717, 1.165) is 64.0 Å². The van der Waals surface area contributed by atoms with Crippen molar-refractivity contribution < 1.29 is 4.57 Å². The molecule has 0 amide bonds. The molecular formula is C30H35N6S2+. The van der Waals surface area contributed by atoms with Crippen molar-refractivity contribution in [2.75, 3.05) is 48.1 Å². The second-order valence-corrected chi connectivity index (χ2v) is 11.6. The van der Waals surface area contributed by atoms with E-state index in [0.29, 0.717) is 0 Å². The van der Waals surface area contributed by atoms with Gasteiger partial charge in [-0.1, -0.05) is 45.9 Å². The molecule has 196 valence electrons. The molecular weight excluding hydrogens is 509 g/mol. The van der Waals surface area contributed by atoms with Gasteiger partial charge in [-0.2, -0.15) is 9.68 Å². The number of fused-ring (bicyclic) bond motifs is 1. The Kier molecular flexibility index (Phi) is 10.1. The summed E-state index contributed by atoms with van der Waals surface area (Å²) in [5, 5.41) is 13.7. The smallest absolute Gasteiger partial charge is 0.214 e. The zero-order valence-electron chi connectivity index (χ0n) is 22.2. The molecule has 1 heterocycles. The summed E-state index contributed by atoms with van der Waals surface area (Å²) in [7, 11) is 7.83. The number of pyridine rings is 1. The molecule has 0 aliphatic rings. The van der Waals surface area contributed by atoms with Gasteiger partial charge in [0.1, 0.15) is 0 Å². The van der Waals surface area contributed by atoms with Crippen molar-refractivity contribution in [2.45, 2.75) is 13.5 Å². The largest absolute Gasteiger partial charge is 0.398 e. The predicted molar refractivity (Wildman–Crippen MR) is 168 cm³/mol. The first-order valence-corrected chi connectivity index (χ1v) is 15.2. The van der Waals surface area contributed by atoms with Crippen molar-refractivity contribution in [3.05, 3.63) is 90.6 Å². The van der Waals surface area contributed by atoms with Crippen molar-refractivity contribution in [3.8, 4) is 0 Å². The summed E-state index contributed by atoms with van der Waals surface area (Å²) in [5.41, 5.74) is 13.1. The van der Waals surface area contributed by atoms with Crippen LogP contribution < -0.4 is 20.5 Å². The molecule has 3 N–H and O–H groups in total. The van der Waals surface area contributed by atoms with Crippen LogP contribution in [0.25, 0.3) is 17.0 Å². The number of azo groups is 1. The number of aromatic nitrogens is 1. The average Bonchev–Trinajstić information content (AvgIpc) is 2.93. The summed E-state index contributed by atoms with van der Waals surface area (Å²) >= 11 is 0. The van der Waals surface area contributed by atoms with Crippen molar-refractivity contribution in [3.63, 3.8) is 0 Å². The zero-order valence-corrected chi connectivity index (χ0v) is 23.8. The van der Waals surface area contributed by atoms with Crippen LogP contribution in [0, 0.1) is 0 Å². The molecule has 3 aromatic carbocycles. The van der Waals surface area contributed by atoms with Gasteiger partial charge in [-0.05, 0) is 55.5 Å². The Labute approximate surface area is 233 Å². The highest BCUT2D eigenvalue weighted by Crippen LogP contribution is 2.31. The fraction of sp³-hybridized carbons (Fsp3) is 0.233. The molecule has 0 fully saturated rings. The number of hydrogen-bond donors (Lipinski definition) is 2. The Hall–Kier alpha value is -3.49. The van der Waals surface area contributed by atoms with Crippen molar-refractivity contribution in [1.29, 1.82) is 0 Å². The average molecular weight is 544 g/mol. The lowest BCUT2D eigenvalue weighted by Crippen LogP contribution is -2.35. The van der Waals surface area contributed by atoms with E-state index in [1.807, 2.05) is 97.2 Å². The van der Waals surface area contributed by atoms with Crippen LogP contribution in [0.5, 0.6) is 0 Å². The van der Waals surface area contributed by atoms with E-state index in [1.54, 1.807) is 0 Å². The van der Waals surface area contributed by atoms with Gasteiger partial charge in [-0.15, -0.1) is 5.11 Å². The Morgan fingerprint density at radius 1 is 0.921 bits per heavy atom. The van der Waals surface area contributed by atoms with Crippen LogP contribution in [0.1, 0.15) is 12.5 Å². The van der Waals surface area contributed by atoms with Gasteiger partial charge in [0.15, 0.2) is 12.7 Å². The minimum absolute atomic E-state index is 0.825. The maximum atomic E-state index is 6.13. The number of anilines is 3. The van der Waals surface area contributed by atoms with Crippen molar-refractivity contribution in [1.82, 2.24) is 0 Å². The normalized spacial score (nSPS) is 11.6. The fourth-order valence-corrected chi connectivity index (χ4v) is 5.94. The molecule has 0 atom stereocenters. The van der Waals surface area contributed by atoms with E-state index in [4.69, 9.17) is 5.73 Å². The lowest BCUT2D eigenvalue weighted by Gasteiger charge is -2.12. The fourth-order valence-electron chi connectivity index (χ4n) is 4.07. The number of benzene rings is 3. The molecule has 4 aromatic rings. The standard InChI is InChI=1S/C30H34N6S2/c1-4-8-26-28(11-6-12-29(26)34-33-23-14-16-24(17-15-23)35(2)3)32-18-21-37-38-22-20-36-19-7-9-25-27(31)10-5-13-30(25)36/h4-17,19,31-32H,18,20-22H2,1-3H3/p+1/b8-4-,34-33?. The van der Waals surface area contributed by atoms with E-state index in [1.165, 1.54) is 5.52 Å². The Balaban J connectivity index is 1.28. The van der Waals surface area contributed by atoms with Gasteiger partial charge in [0.25, 0.3) is 0 Å². The maximum absolute atomic E-state index is 6.13. The number of nitrogen functional groups attached to an aromatic ring is 1. The van der Waals surface area contributed by atoms with Gasteiger partial charge in [0.2, 0.25) is 5.52 Å². The van der Waals surface area contributed by atoms with Gasteiger partial charge in [0, 0.05) is 61.2 Å². The van der Waals surface area contributed by atoms with Crippen molar-refractivity contribution in [2.24, 2.45) is 10.2 Å². The Bertz CT molecular complexity index is 1400. The number of nitrogens with zero attached hydrogens (tertiary/aromatic N) is 4. The number of rotatable bonds is 12. The third-order valence-electron chi connectivity index (χ3n) is 6.01. The van der Waals surface area contributed by atoms with Crippen LogP contribution in [0.4, 0.5) is 28.4 Å². The molecule has 8 heteroatoms. The molecule has 0 radical (unpaired) electrons. The molecule has 1 aromatic heterocycles. The molecule has 0 unspecified atom stereocenters. The number of allylic oxidation sites excluding steroid dienone is 1. The summed E-state index contributed by atoms with van der Waals surface area (Å²) in [6.45, 7) is 3.83. The second kappa shape index (κ2) is 13.9. The number of aryl methyl sites for hydroxylation is 1. The highest BCUT2D eigenvalue weighted by Gasteiger charge is 2.10. The van der Waals surface area contributed by atoms with E-state index in [9.17, 15) is 0 Å². The lowest BCUT2D eigenvalue weighted by molar-refractivity contribution is -0.666. The topological polar surface area (TPSA) is 69.9 Å². The summed E-state index contributed by atoms with van der Waals surface area (Å²) in [5.74, 6) is 2.02. The number of nitrogens with one attached hydrogen (secondary N) is 1. The van der Waals surface area contributed by atoms with Gasteiger partial charge in [-0.3, -0.25) is 0 Å². The minimum Gasteiger partial charge on any atom is -0.398 e. The first-order valence-electron chi connectivity index (χ1n) is 12.7. The molecule has 0 spiro atoms. The van der Waals surface area contributed by atoms with Crippen LogP contribution in [0.3, 0.4) is 0 Å². The van der Waals surface area contributed by atoms with Crippen LogP contribution in [0.15, 0.2) is 95.3 Å². The molecule has 0 aliphatic heterocycles. The Morgan fingerprint density at radius 2 is 1.71 bits per heavy atom. The van der Waals surface area contributed by atoms with Crippen LogP contribution in [-0.2, 0) is 6.54 Å². The number of nitrogens with two attached hydrogens (primary N) is 1. The van der Waals surface area contributed by atoms with Crippen LogP contribution >= 0.6 is 21.6 Å². The minimum atomic E-state index is 0.825. The van der Waals surface area contributed by atoms with Crippen molar-refractivity contribution >= 4 is 67.0 Å². The lowest BCUT2D eigenvalue weighted by atomic mass is 10.1. The van der Waals surface area contributed by atoms with Gasteiger partial charge >= 0.3 is 0 Å². The highest BCUT2D eigenvalue weighted by molar-refractivity contribution is 8.76. The molecule has 0 aliphatic carbocycles. The first-order chi connectivity index (χ1) is 18.6. The third kappa shape index (κ3) is 7.30. The van der Waals surface area contributed by atoms with Crippen LogP contribution in [-0.4, -0.2) is 32.1 Å². The highest BCUT2D eigenvalue weighted by atomic mass is 33.1. The first kappa shape index (κ1) is 27.5. The Morgan fingerprint density at radius 3 is 2.50 bits per heavy atom. The van der Waals surface area contributed by atoms with E-state index in [-0.39, 0.29) is 0 Å².